The summed E-state index contributed by atoms with van der Waals surface area (Å²) < 4.78 is 36.7. The molecule has 1 heterocycles. The normalized spacial score (nSPS) is 12.0. The second kappa shape index (κ2) is 12.8. The Kier molecular flexibility index (Phi) is 10.2. The van der Waals surface area contributed by atoms with Gasteiger partial charge in [-0.3, -0.25) is 24.2 Å². The standard InChI is InChI=1S/C22H23F3N4O4S/c23-22(24,25)18(30)14-34-11-5-9-17(26)21(33)29(16-8-4-10-27-12-16)19(31)13-28-20(32)15-6-2-1-3-7-15/h1-4,6-8,10,12,17H,5,9,11,13-14,26H2,(H,28,32)/t17-/m0/s1. The highest BCUT2D eigenvalue weighted by molar-refractivity contribution is 7.99. The zero-order valence-corrected chi connectivity index (χ0v) is 18.8. The molecule has 12 heteroatoms. The van der Waals surface area contributed by atoms with Crippen molar-refractivity contribution in [2.75, 3.05) is 23.0 Å². The number of pyridine rings is 1. The Bertz CT molecular complexity index is 991. The Hall–Kier alpha value is -3.25. The van der Waals surface area contributed by atoms with Gasteiger partial charge < -0.3 is 11.1 Å². The minimum absolute atomic E-state index is 0.0759. The number of hydrogen-bond acceptors (Lipinski definition) is 7. The van der Waals surface area contributed by atoms with Crippen LogP contribution in [0.4, 0.5) is 18.9 Å². The van der Waals surface area contributed by atoms with E-state index in [1.165, 1.54) is 24.5 Å². The predicted molar refractivity (Wildman–Crippen MR) is 121 cm³/mol. The topological polar surface area (TPSA) is 122 Å². The number of rotatable bonds is 11. The van der Waals surface area contributed by atoms with Crippen LogP contribution in [0.25, 0.3) is 0 Å². The van der Waals surface area contributed by atoms with Gasteiger partial charge in [0.2, 0.25) is 5.78 Å². The Morgan fingerprint density at radius 1 is 1.09 bits per heavy atom. The van der Waals surface area contributed by atoms with Crippen LogP contribution in [0.1, 0.15) is 23.2 Å². The molecule has 0 unspecified atom stereocenters. The van der Waals surface area contributed by atoms with Crippen molar-refractivity contribution >= 4 is 41.0 Å². The molecule has 3 N–H and O–H groups in total. The summed E-state index contributed by atoms with van der Waals surface area (Å²) in [5.74, 6) is -4.34. The number of nitrogens with two attached hydrogens (primary N) is 1. The van der Waals surface area contributed by atoms with Crippen LogP contribution in [0.2, 0.25) is 0 Å². The van der Waals surface area contributed by atoms with E-state index < -0.39 is 48.0 Å². The zero-order chi connectivity index (χ0) is 25.1. The molecule has 2 rings (SSSR count). The second-order valence-electron chi connectivity index (χ2n) is 7.05. The summed E-state index contributed by atoms with van der Waals surface area (Å²) in [7, 11) is 0. The number of thioether (sulfide) groups is 1. The molecule has 3 amide bonds. The number of nitrogens with zero attached hydrogens (tertiary/aromatic N) is 2. The van der Waals surface area contributed by atoms with Gasteiger partial charge in [-0.25, -0.2) is 4.90 Å². The summed E-state index contributed by atoms with van der Waals surface area (Å²) >= 11 is 0.788. The minimum Gasteiger partial charge on any atom is -0.343 e. The molecular formula is C22H23F3N4O4S. The van der Waals surface area contributed by atoms with Crippen LogP contribution in [0.15, 0.2) is 54.9 Å². The molecule has 182 valence electrons. The molecule has 8 nitrogen and oxygen atoms in total. The lowest BCUT2D eigenvalue weighted by molar-refractivity contribution is -0.167. The lowest BCUT2D eigenvalue weighted by Gasteiger charge is -2.24. The van der Waals surface area contributed by atoms with Gasteiger partial charge in [0.1, 0.15) is 0 Å². The predicted octanol–water partition coefficient (Wildman–Crippen LogP) is 2.34. The molecule has 0 aliphatic carbocycles. The SMILES string of the molecule is N[C@@H](CCCSCC(=O)C(F)(F)F)C(=O)N(C(=O)CNC(=O)c1ccccc1)c1cccnc1. The molecule has 0 bridgehead atoms. The van der Waals surface area contributed by atoms with Crippen molar-refractivity contribution in [3.05, 3.63) is 60.4 Å². The molecule has 2 aromatic rings. The number of ketones is 1. The fraction of sp³-hybridized carbons (Fsp3) is 0.318. The van der Waals surface area contributed by atoms with Gasteiger partial charge in [0.05, 0.1) is 30.2 Å². The van der Waals surface area contributed by atoms with Crippen molar-refractivity contribution in [1.82, 2.24) is 10.3 Å². The summed E-state index contributed by atoms with van der Waals surface area (Å²) in [4.78, 5) is 53.6. The Labute approximate surface area is 198 Å². The van der Waals surface area contributed by atoms with Gasteiger partial charge in [-0.1, -0.05) is 18.2 Å². The van der Waals surface area contributed by atoms with Crippen LogP contribution in [0, 0.1) is 0 Å². The van der Waals surface area contributed by atoms with E-state index in [4.69, 9.17) is 5.73 Å². The quantitative estimate of drug-likeness (QED) is 0.458. The molecule has 1 atom stereocenters. The minimum atomic E-state index is -4.88. The number of halogens is 3. The van der Waals surface area contributed by atoms with Crippen LogP contribution in [0.3, 0.4) is 0 Å². The molecule has 34 heavy (non-hydrogen) atoms. The molecule has 0 aliphatic rings. The Balaban J connectivity index is 1.96. The summed E-state index contributed by atoms with van der Waals surface area (Å²) in [6.07, 6.45) is -1.80. The smallest absolute Gasteiger partial charge is 0.343 e. The van der Waals surface area contributed by atoms with Crippen LogP contribution >= 0.6 is 11.8 Å². The number of benzene rings is 1. The number of Topliss-reactive ketones (excluding diaryl/α,β-unsaturated/α-hetero) is 1. The van der Waals surface area contributed by atoms with Gasteiger partial charge in [-0.05, 0) is 42.9 Å². The van der Waals surface area contributed by atoms with Gasteiger partial charge in [0.15, 0.2) is 0 Å². The molecule has 1 aromatic carbocycles. The van der Waals surface area contributed by atoms with Crippen molar-refractivity contribution in [1.29, 1.82) is 0 Å². The molecule has 0 fully saturated rings. The van der Waals surface area contributed by atoms with E-state index in [2.05, 4.69) is 10.3 Å². The average molecular weight is 497 g/mol. The number of hydrogen-bond donors (Lipinski definition) is 2. The van der Waals surface area contributed by atoms with Crippen molar-refractivity contribution in [3.8, 4) is 0 Å². The number of alkyl halides is 3. The maximum Gasteiger partial charge on any atom is 0.450 e. The van der Waals surface area contributed by atoms with Crippen molar-refractivity contribution in [2.45, 2.75) is 25.1 Å². The molecule has 0 aliphatic heterocycles. The highest BCUT2D eigenvalue weighted by Gasteiger charge is 2.37. The van der Waals surface area contributed by atoms with Crippen LogP contribution in [0.5, 0.6) is 0 Å². The summed E-state index contributed by atoms with van der Waals surface area (Å²) in [6.45, 7) is -0.476. The van der Waals surface area contributed by atoms with E-state index in [9.17, 15) is 32.3 Å². The number of aromatic nitrogens is 1. The van der Waals surface area contributed by atoms with Crippen LogP contribution < -0.4 is 16.0 Å². The molecule has 0 spiro atoms. The van der Waals surface area contributed by atoms with Crippen molar-refractivity contribution < 1.29 is 32.3 Å². The second-order valence-corrected chi connectivity index (χ2v) is 8.15. The highest BCUT2D eigenvalue weighted by Crippen LogP contribution is 2.20. The maximum absolute atomic E-state index is 12.9. The first-order chi connectivity index (χ1) is 16.1. The van der Waals surface area contributed by atoms with Gasteiger partial charge in [0.25, 0.3) is 17.7 Å². The van der Waals surface area contributed by atoms with E-state index >= 15 is 0 Å². The molecular weight excluding hydrogens is 473 g/mol. The lowest BCUT2D eigenvalue weighted by atomic mass is 10.1. The fourth-order valence-corrected chi connectivity index (χ4v) is 3.61. The van der Waals surface area contributed by atoms with Gasteiger partial charge in [0, 0.05) is 11.8 Å². The number of amides is 3. The monoisotopic (exact) mass is 496 g/mol. The van der Waals surface area contributed by atoms with Crippen LogP contribution in [-0.2, 0) is 14.4 Å². The van der Waals surface area contributed by atoms with Crippen LogP contribution in [-0.4, -0.2) is 58.8 Å². The largest absolute Gasteiger partial charge is 0.450 e. The molecule has 0 saturated heterocycles. The molecule has 0 saturated carbocycles. The number of carbonyl (C=O) groups excluding carboxylic acids is 4. The summed E-state index contributed by atoms with van der Waals surface area (Å²) in [6, 6.07) is 10.1. The summed E-state index contributed by atoms with van der Waals surface area (Å²) in [5.41, 5.74) is 6.44. The first-order valence-corrected chi connectivity index (χ1v) is 11.3. The lowest BCUT2D eigenvalue weighted by Crippen LogP contribution is -2.50. The van der Waals surface area contributed by atoms with E-state index in [0.29, 0.717) is 5.56 Å². The first kappa shape index (κ1) is 27.0. The fourth-order valence-electron chi connectivity index (χ4n) is 2.75. The van der Waals surface area contributed by atoms with E-state index in [-0.39, 0.29) is 24.3 Å². The zero-order valence-electron chi connectivity index (χ0n) is 18.0. The van der Waals surface area contributed by atoms with Crippen molar-refractivity contribution in [2.24, 2.45) is 5.73 Å². The number of carbonyl (C=O) groups is 4. The first-order valence-electron chi connectivity index (χ1n) is 10.1. The van der Waals surface area contributed by atoms with Gasteiger partial charge in [-0.15, -0.1) is 0 Å². The average Bonchev–Trinajstić information content (AvgIpc) is 2.82. The summed E-state index contributed by atoms with van der Waals surface area (Å²) in [5, 5.41) is 2.45. The number of imide groups is 1. The third-order valence-electron chi connectivity index (χ3n) is 4.48. The Morgan fingerprint density at radius 3 is 2.41 bits per heavy atom. The Morgan fingerprint density at radius 2 is 1.79 bits per heavy atom. The van der Waals surface area contributed by atoms with E-state index in [1.807, 2.05) is 0 Å². The third kappa shape index (κ3) is 8.27. The van der Waals surface area contributed by atoms with Crippen molar-refractivity contribution in [3.63, 3.8) is 0 Å². The molecule has 1 aromatic heterocycles. The third-order valence-corrected chi connectivity index (χ3v) is 5.52. The highest BCUT2D eigenvalue weighted by atomic mass is 32.2. The number of anilines is 1. The van der Waals surface area contributed by atoms with Gasteiger partial charge in [-0.2, -0.15) is 24.9 Å². The van der Waals surface area contributed by atoms with E-state index in [1.54, 1.807) is 30.3 Å². The van der Waals surface area contributed by atoms with E-state index in [0.717, 1.165) is 16.7 Å². The number of nitrogens with one attached hydrogen (secondary N) is 1. The van der Waals surface area contributed by atoms with Gasteiger partial charge >= 0.3 is 6.18 Å². The maximum atomic E-state index is 12.9. The molecule has 0 radical (unpaired) electrons.